The summed E-state index contributed by atoms with van der Waals surface area (Å²) in [5.41, 5.74) is 7.96. The zero-order valence-electron chi connectivity index (χ0n) is 7.75. The maximum atomic E-state index is 9.44. The SMILES string of the molecule is Cc1c(N)cc(CCCO)cc1O. The van der Waals surface area contributed by atoms with E-state index in [2.05, 4.69) is 0 Å². The Hall–Kier alpha value is -1.22. The summed E-state index contributed by atoms with van der Waals surface area (Å²) in [7, 11) is 0. The predicted molar refractivity (Wildman–Crippen MR) is 52.7 cm³/mol. The van der Waals surface area contributed by atoms with Crippen LogP contribution in [0.25, 0.3) is 0 Å². The Morgan fingerprint density at radius 3 is 2.62 bits per heavy atom. The van der Waals surface area contributed by atoms with Gasteiger partial charge in [-0.25, -0.2) is 0 Å². The fourth-order valence-corrected chi connectivity index (χ4v) is 1.21. The topological polar surface area (TPSA) is 66.5 Å². The standard InChI is InChI=1S/C10H15NO2/c1-7-9(11)5-8(3-2-4-12)6-10(7)13/h5-6,12-13H,2-4,11H2,1H3. The van der Waals surface area contributed by atoms with Crippen LogP contribution >= 0.6 is 0 Å². The molecule has 0 unspecified atom stereocenters. The van der Waals surface area contributed by atoms with E-state index in [1.165, 1.54) is 0 Å². The second-order valence-corrected chi connectivity index (χ2v) is 3.16. The summed E-state index contributed by atoms with van der Waals surface area (Å²) in [4.78, 5) is 0. The van der Waals surface area contributed by atoms with Gasteiger partial charge in [0.25, 0.3) is 0 Å². The second-order valence-electron chi connectivity index (χ2n) is 3.16. The number of benzene rings is 1. The number of nitrogens with two attached hydrogens (primary N) is 1. The van der Waals surface area contributed by atoms with E-state index in [0.29, 0.717) is 17.7 Å². The van der Waals surface area contributed by atoms with Crippen molar-refractivity contribution in [2.24, 2.45) is 0 Å². The fourth-order valence-electron chi connectivity index (χ4n) is 1.21. The maximum absolute atomic E-state index is 9.44. The van der Waals surface area contributed by atoms with Crippen molar-refractivity contribution in [2.75, 3.05) is 12.3 Å². The van der Waals surface area contributed by atoms with Crippen molar-refractivity contribution < 1.29 is 10.2 Å². The van der Waals surface area contributed by atoms with Gasteiger partial charge in [0, 0.05) is 17.9 Å². The lowest BCUT2D eigenvalue weighted by Gasteiger charge is -2.06. The van der Waals surface area contributed by atoms with Gasteiger partial charge in [0.2, 0.25) is 0 Å². The molecule has 0 bridgehead atoms. The van der Waals surface area contributed by atoms with Crippen LogP contribution in [0.3, 0.4) is 0 Å². The van der Waals surface area contributed by atoms with E-state index in [1.807, 2.05) is 6.07 Å². The summed E-state index contributed by atoms with van der Waals surface area (Å²) in [6.07, 6.45) is 1.44. The van der Waals surface area contributed by atoms with Crippen LogP contribution in [0.2, 0.25) is 0 Å². The van der Waals surface area contributed by atoms with Crippen LogP contribution in [0.5, 0.6) is 5.75 Å². The van der Waals surface area contributed by atoms with Gasteiger partial charge in [-0.1, -0.05) is 0 Å². The number of anilines is 1. The Balaban J connectivity index is 2.86. The third-order valence-corrected chi connectivity index (χ3v) is 2.10. The molecule has 3 heteroatoms. The summed E-state index contributed by atoms with van der Waals surface area (Å²) in [5, 5.41) is 18.1. The van der Waals surface area contributed by atoms with Crippen molar-refractivity contribution in [3.8, 4) is 5.75 Å². The highest BCUT2D eigenvalue weighted by Gasteiger charge is 2.02. The minimum absolute atomic E-state index is 0.161. The lowest BCUT2D eigenvalue weighted by molar-refractivity contribution is 0.288. The van der Waals surface area contributed by atoms with Crippen molar-refractivity contribution in [1.82, 2.24) is 0 Å². The first-order valence-corrected chi connectivity index (χ1v) is 4.34. The van der Waals surface area contributed by atoms with Gasteiger partial charge >= 0.3 is 0 Å². The minimum atomic E-state index is 0.161. The molecule has 0 aliphatic carbocycles. The van der Waals surface area contributed by atoms with Gasteiger partial charge in [-0.3, -0.25) is 0 Å². The van der Waals surface area contributed by atoms with E-state index in [4.69, 9.17) is 10.8 Å². The molecular formula is C10H15NO2. The average molecular weight is 181 g/mol. The zero-order chi connectivity index (χ0) is 9.84. The van der Waals surface area contributed by atoms with Crippen LogP contribution in [-0.2, 0) is 6.42 Å². The van der Waals surface area contributed by atoms with Crippen molar-refractivity contribution in [1.29, 1.82) is 0 Å². The molecule has 0 spiro atoms. The first kappa shape index (κ1) is 9.86. The zero-order valence-corrected chi connectivity index (χ0v) is 7.75. The predicted octanol–water partition coefficient (Wildman–Crippen LogP) is 1.21. The third-order valence-electron chi connectivity index (χ3n) is 2.10. The van der Waals surface area contributed by atoms with E-state index in [0.717, 1.165) is 12.0 Å². The number of aryl methyl sites for hydroxylation is 1. The molecule has 0 saturated heterocycles. The lowest BCUT2D eigenvalue weighted by Crippen LogP contribution is -1.95. The van der Waals surface area contributed by atoms with Gasteiger partial charge in [0.05, 0.1) is 0 Å². The van der Waals surface area contributed by atoms with Gasteiger partial charge in [0.1, 0.15) is 5.75 Å². The molecule has 4 N–H and O–H groups in total. The van der Waals surface area contributed by atoms with Crippen molar-refractivity contribution in [3.05, 3.63) is 23.3 Å². The smallest absolute Gasteiger partial charge is 0.120 e. The fraction of sp³-hybridized carbons (Fsp3) is 0.400. The Labute approximate surface area is 77.8 Å². The Morgan fingerprint density at radius 2 is 2.08 bits per heavy atom. The number of nitrogen functional groups attached to an aromatic ring is 1. The molecule has 0 radical (unpaired) electrons. The number of rotatable bonds is 3. The van der Waals surface area contributed by atoms with Crippen LogP contribution < -0.4 is 5.73 Å². The first-order valence-electron chi connectivity index (χ1n) is 4.34. The van der Waals surface area contributed by atoms with Gasteiger partial charge in [-0.2, -0.15) is 0 Å². The van der Waals surface area contributed by atoms with Crippen LogP contribution in [0.15, 0.2) is 12.1 Å². The first-order chi connectivity index (χ1) is 6.15. The summed E-state index contributed by atoms with van der Waals surface area (Å²) in [5.74, 6) is 0.230. The summed E-state index contributed by atoms with van der Waals surface area (Å²) in [6, 6.07) is 3.53. The molecule has 0 aromatic heterocycles. The van der Waals surface area contributed by atoms with E-state index >= 15 is 0 Å². The molecule has 0 heterocycles. The molecule has 13 heavy (non-hydrogen) atoms. The van der Waals surface area contributed by atoms with Crippen LogP contribution in [0.1, 0.15) is 17.5 Å². The molecule has 0 aliphatic heterocycles. The number of aliphatic hydroxyl groups excluding tert-OH is 1. The largest absolute Gasteiger partial charge is 0.508 e. The molecule has 1 rings (SSSR count). The second kappa shape index (κ2) is 4.14. The van der Waals surface area contributed by atoms with Gasteiger partial charge in [-0.15, -0.1) is 0 Å². The number of hydrogen-bond donors (Lipinski definition) is 3. The molecule has 72 valence electrons. The number of hydrogen-bond acceptors (Lipinski definition) is 3. The Bertz CT molecular complexity index is 274. The number of phenols is 1. The number of aromatic hydroxyl groups is 1. The highest BCUT2D eigenvalue weighted by molar-refractivity contribution is 5.55. The van der Waals surface area contributed by atoms with Crippen molar-refractivity contribution >= 4 is 5.69 Å². The quantitative estimate of drug-likeness (QED) is 0.614. The van der Waals surface area contributed by atoms with E-state index in [1.54, 1.807) is 13.0 Å². The molecule has 3 nitrogen and oxygen atoms in total. The van der Waals surface area contributed by atoms with Gasteiger partial charge < -0.3 is 15.9 Å². The highest BCUT2D eigenvalue weighted by Crippen LogP contribution is 2.24. The van der Waals surface area contributed by atoms with E-state index in [-0.39, 0.29) is 12.4 Å². The summed E-state index contributed by atoms with van der Waals surface area (Å²) >= 11 is 0. The normalized spacial score (nSPS) is 10.3. The maximum Gasteiger partial charge on any atom is 0.120 e. The Kier molecular flexibility index (Phi) is 3.14. The molecule has 1 aromatic carbocycles. The summed E-state index contributed by atoms with van der Waals surface area (Å²) in [6.45, 7) is 1.94. The molecule has 0 saturated carbocycles. The Morgan fingerprint density at radius 1 is 1.38 bits per heavy atom. The van der Waals surface area contributed by atoms with Gasteiger partial charge in [0.15, 0.2) is 0 Å². The van der Waals surface area contributed by atoms with E-state index in [9.17, 15) is 5.11 Å². The van der Waals surface area contributed by atoms with Crippen molar-refractivity contribution in [3.63, 3.8) is 0 Å². The molecule has 0 fully saturated rings. The molecule has 0 atom stereocenters. The average Bonchev–Trinajstić information content (AvgIpc) is 2.10. The van der Waals surface area contributed by atoms with E-state index < -0.39 is 0 Å². The molecular weight excluding hydrogens is 166 g/mol. The third kappa shape index (κ3) is 2.36. The number of phenolic OH excluding ortho intramolecular Hbond substituents is 1. The van der Waals surface area contributed by atoms with Crippen LogP contribution in [-0.4, -0.2) is 16.8 Å². The number of aliphatic hydroxyl groups is 1. The van der Waals surface area contributed by atoms with Crippen LogP contribution in [0, 0.1) is 6.92 Å². The van der Waals surface area contributed by atoms with Gasteiger partial charge in [-0.05, 0) is 37.5 Å². The summed E-state index contributed by atoms with van der Waals surface area (Å²) < 4.78 is 0. The monoisotopic (exact) mass is 181 g/mol. The minimum Gasteiger partial charge on any atom is -0.508 e. The molecule has 1 aromatic rings. The van der Waals surface area contributed by atoms with Crippen molar-refractivity contribution in [2.45, 2.75) is 19.8 Å². The molecule has 0 amide bonds. The van der Waals surface area contributed by atoms with Crippen LogP contribution in [0.4, 0.5) is 5.69 Å². The molecule has 0 aliphatic rings. The lowest BCUT2D eigenvalue weighted by atomic mass is 10.1. The highest BCUT2D eigenvalue weighted by atomic mass is 16.3.